The van der Waals surface area contributed by atoms with Crippen molar-refractivity contribution in [2.45, 2.75) is 76.8 Å². The van der Waals surface area contributed by atoms with E-state index >= 15 is 0 Å². The zero-order valence-electron chi connectivity index (χ0n) is 12.1. The van der Waals surface area contributed by atoms with Crippen molar-refractivity contribution in [1.82, 2.24) is 0 Å². The highest BCUT2D eigenvalue weighted by Crippen LogP contribution is 2.52. The summed E-state index contributed by atoms with van der Waals surface area (Å²) in [6.07, 6.45) is 4.68. The zero-order valence-corrected chi connectivity index (χ0v) is 13.9. The number of aliphatic hydroxyl groups excluding tert-OH is 3. The van der Waals surface area contributed by atoms with Gasteiger partial charge in [0.05, 0.1) is 17.5 Å². The van der Waals surface area contributed by atoms with Crippen molar-refractivity contribution in [2.24, 2.45) is 0 Å². The molecule has 0 amide bonds. The van der Waals surface area contributed by atoms with Crippen LogP contribution in [0.4, 0.5) is 0 Å². The molecule has 0 aromatic heterocycles. The number of hydrogen-bond acceptors (Lipinski definition) is 4. The van der Waals surface area contributed by atoms with E-state index in [0.717, 1.165) is 19.3 Å². The van der Waals surface area contributed by atoms with E-state index in [2.05, 4.69) is 0 Å². The molecule has 0 saturated carbocycles. The lowest BCUT2D eigenvalue weighted by atomic mass is 10.3. The van der Waals surface area contributed by atoms with Gasteiger partial charge in [-0.1, -0.05) is 40.0 Å². The Morgan fingerprint density at radius 2 is 1.05 bits per heavy atom. The quantitative estimate of drug-likeness (QED) is 0.490. The third-order valence-electron chi connectivity index (χ3n) is 2.67. The fraction of sp³-hybridized carbons (Fsp3) is 1.00. The second-order valence-corrected chi connectivity index (χ2v) is 7.18. The molecule has 7 heteroatoms. The van der Waals surface area contributed by atoms with E-state index in [-0.39, 0.29) is 0 Å². The van der Waals surface area contributed by atoms with Crippen molar-refractivity contribution in [3.63, 3.8) is 0 Å². The molecular formula is C12H28O5P2. The Morgan fingerprint density at radius 1 is 0.842 bits per heavy atom. The fourth-order valence-electron chi connectivity index (χ4n) is 1.82. The predicted octanol–water partition coefficient (Wildman–Crippen LogP) is 3.01. The van der Waals surface area contributed by atoms with Crippen molar-refractivity contribution in [3.8, 4) is 0 Å². The van der Waals surface area contributed by atoms with Crippen LogP contribution in [0.1, 0.15) is 59.3 Å². The lowest BCUT2D eigenvalue weighted by Gasteiger charge is -2.32. The Hall–Kier alpha value is 0.370. The van der Waals surface area contributed by atoms with Crippen LogP contribution in [-0.2, 0) is 4.57 Å². The van der Waals surface area contributed by atoms with Crippen LogP contribution in [0.3, 0.4) is 0 Å². The Labute approximate surface area is 119 Å². The Balaban J connectivity index is 0. The van der Waals surface area contributed by atoms with Gasteiger partial charge in [0.1, 0.15) is 0 Å². The maximum absolute atomic E-state index is 10.0. The molecule has 0 fully saturated rings. The van der Waals surface area contributed by atoms with Gasteiger partial charge >= 0.3 is 8.69 Å². The summed E-state index contributed by atoms with van der Waals surface area (Å²) in [5.74, 6) is -1.57. The van der Waals surface area contributed by atoms with E-state index in [1.165, 1.54) is 0 Å². The number of rotatable bonds is 9. The lowest BCUT2D eigenvalue weighted by Crippen LogP contribution is -2.23. The first kappa shape index (κ1) is 21.7. The van der Waals surface area contributed by atoms with Crippen LogP contribution in [0.2, 0.25) is 0 Å². The van der Waals surface area contributed by atoms with Crippen molar-refractivity contribution >= 4 is 16.6 Å². The molecule has 0 spiro atoms. The highest BCUT2D eigenvalue weighted by Gasteiger charge is 2.31. The number of hydrogen-bond donors (Lipinski definition) is 4. The normalized spacial score (nSPS) is 17.2. The van der Waals surface area contributed by atoms with Gasteiger partial charge in [0, 0.05) is 0 Å². The Kier molecular flexibility index (Phi) is 16.8. The van der Waals surface area contributed by atoms with Gasteiger partial charge in [-0.2, -0.15) is 0 Å². The molecule has 0 bridgehead atoms. The summed E-state index contributed by atoms with van der Waals surface area (Å²) in [6.45, 7) is 6.03. The Morgan fingerprint density at radius 3 is 1.21 bits per heavy atom. The van der Waals surface area contributed by atoms with E-state index in [0.29, 0.717) is 19.3 Å². The molecule has 0 radical (unpaired) electrons. The van der Waals surface area contributed by atoms with Gasteiger partial charge in [0.25, 0.3) is 0 Å². The largest absolute Gasteiger partial charge is 0.388 e. The maximum Gasteiger partial charge on any atom is 0.324 e. The SMILES string of the molecule is CCCC(O)P(C(O)CCC)C(O)CCC.O=PO. The van der Waals surface area contributed by atoms with E-state index in [4.69, 9.17) is 9.46 Å². The molecule has 19 heavy (non-hydrogen) atoms. The van der Waals surface area contributed by atoms with Crippen LogP contribution < -0.4 is 0 Å². The van der Waals surface area contributed by atoms with Gasteiger partial charge in [0.2, 0.25) is 0 Å². The molecule has 0 aromatic carbocycles. The summed E-state index contributed by atoms with van der Waals surface area (Å²) in [4.78, 5) is 6.99. The van der Waals surface area contributed by atoms with Crippen LogP contribution in [0.15, 0.2) is 0 Å². The second kappa shape index (κ2) is 14.8. The molecule has 0 saturated heterocycles. The summed E-state index contributed by atoms with van der Waals surface area (Å²) in [5.41, 5.74) is 0. The van der Waals surface area contributed by atoms with Gasteiger partial charge in [-0.05, 0) is 27.2 Å². The average Bonchev–Trinajstić information content (AvgIpc) is 2.31. The first-order valence-corrected chi connectivity index (χ1v) is 9.09. The van der Waals surface area contributed by atoms with Crippen LogP contribution >= 0.6 is 16.6 Å². The van der Waals surface area contributed by atoms with Gasteiger partial charge in [-0.15, -0.1) is 0 Å². The van der Waals surface area contributed by atoms with Crippen molar-refractivity contribution in [3.05, 3.63) is 0 Å². The molecule has 4 N–H and O–H groups in total. The maximum atomic E-state index is 10.0. The van der Waals surface area contributed by atoms with Gasteiger partial charge in [0.15, 0.2) is 0 Å². The monoisotopic (exact) mass is 314 g/mol. The topological polar surface area (TPSA) is 98.0 Å². The highest BCUT2D eigenvalue weighted by molar-refractivity contribution is 7.59. The summed E-state index contributed by atoms with van der Waals surface area (Å²) in [6, 6.07) is 0. The summed E-state index contributed by atoms with van der Waals surface area (Å²) >= 11 is 0. The van der Waals surface area contributed by atoms with E-state index in [1.807, 2.05) is 20.8 Å². The second-order valence-electron chi connectivity index (χ2n) is 4.34. The average molecular weight is 314 g/mol. The lowest BCUT2D eigenvalue weighted by molar-refractivity contribution is 0.180. The third kappa shape index (κ3) is 10.8. The summed E-state index contributed by atoms with van der Waals surface area (Å²) in [5, 5.41) is 30.0. The molecular weight excluding hydrogens is 286 g/mol. The van der Waals surface area contributed by atoms with Gasteiger partial charge < -0.3 is 20.2 Å². The van der Waals surface area contributed by atoms with Crippen molar-refractivity contribution in [2.75, 3.05) is 0 Å². The molecule has 0 aromatic rings. The molecule has 5 nitrogen and oxygen atoms in total. The van der Waals surface area contributed by atoms with E-state index in [1.54, 1.807) is 0 Å². The molecule has 0 aliphatic carbocycles. The van der Waals surface area contributed by atoms with Crippen LogP contribution in [0, 0.1) is 0 Å². The van der Waals surface area contributed by atoms with Crippen LogP contribution in [0.5, 0.6) is 0 Å². The first-order valence-electron chi connectivity index (χ1n) is 6.78. The molecule has 0 aliphatic rings. The predicted molar refractivity (Wildman–Crippen MR) is 79.5 cm³/mol. The van der Waals surface area contributed by atoms with Crippen LogP contribution in [-0.4, -0.2) is 37.7 Å². The van der Waals surface area contributed by atoms with Crippen molar-refractivity contribution < 1.29 is 24.8 Å². The third-order valence-corrected chi connectivity index (χ3v) is 5.51. The molecule has 116 valence electrons. The molecule has 0 heterocycles. The molecule has 3 atom stereocenters. The first-order chi connectivity index (χ1) is 8.99. The van der Waals surface area contributed by atoms with Crippen molar-refractivity contribution in [1.29, 1.82) is 0 Å². The van der Waals surface area contributed by atoms with Gasteiger partial charge in [-0.3, -0.25) is 0 Å². The molecule has 0 rings (SSSR count). The molecule has 3 unspecified atom stereocenters. The molecule has 0 aliphatic heterocycles. The highest BCUT2D eigenvalue weighted by atomic mass is 31.1. The standard InChI is InChI=1S/C12H27O3P.HO2P/c1-4-7-10(13)16(11(14)8-5-2)12(15)9-6-3;1-3-2/h10-15H,4-9H2,1-3H3;(H,1,2). The minimum absolute atomic E-state index is 0.525. The van der Waals surface area contributed by atoms with E-state index < -0.39 is 34.1 Å². The Bertz CT molecular complexity index is 178. The zero-order chi connectivity index (χ0) is 15.3. The summed E-state index contributed by atoms with van der Waals surface area (Å²) < 4.78 is 8.46. The fourth-order valence-corrected chi connectivity index (χ4v) is 4.68. The minimum atomic E-state index is -1.10. The minimum Gasteiger partial charge on any atom is -0.388 e. The van der Waals surface area contributed by atoms with Crippen LogP contribution in [0.25, 0.3) is 0 Å². The smallest absolute Gasteiger partial charge is 0.324 e. The van der Waals surface area contributed by atoms with E-state index in [9.17, 15) is 15.3 Å². The summed E-state index contributed by atoms with van der Waals surface area (Å²) in [7, 11) is -1.93. The number of aliphatic hydroxyl groups is 3. The van der Waals surface area contributed by atoms with Gasteiger partial charge in [-0.25, -0.2) is 4.57 Å².